The predicted molar refractivity (Wildman–Crippen MR) is 92.8 cm³/mol. The maximum absolute atomic E-state index is 11.9. The van der Waals surface area contributed by atoms with Gasteiger partial charge in [0.15, 0.2) is 0 Å². The summed E-state index contributed by atoms with van der Waals surface area (Å²) in [7, 11) is 0. The Morgan fingerprint density at radius 2 is 1.96 bits per heavy atom. The summed E-state index contributed by atoms with van der Waals surface area (Å²) >= 11 is 0. The first-order valence-corrected chi connectivity index (χ1v) is 8.06. The predicted octanol–water partition coefficient (Wildman–Crippen LogP) is 3.87. The fourth-order valence-corrected chi connectivity index (χ4v) is 1.93. The van der Waals surface area contributed by atoms with E-state index in [0.29, 0.717) is 24.4 Å². The van der Waals surface area contributed by atoms with E-state index >= 15 is 0 Å². The Hall–Kier alpha value is -2.37. The molecular weight excluding hydrogens is 308 g/mol. The average Bonchev–Trinajstić information content (AvgIpc) is 2.47. The molecule has 1 amide bonds. The second kappa shape index (κ2) is 9.05. The monoisotopic (exact) mass is 334 g/mol. The van der Waals surface area contributed by atoms with E-state index in [1.165, 1.54) is 0 Å². The molecule has 6 heteroatoms. The molecule has 0 atom stereocenters. The zero-order valence-corrected chi connectivity index (χ0v) is 15.0. The molecule has 0 unspecified atom stereocenters. The van der Waals surface area contributed by atoms with Crippen LogP contribution in [0.1, 0.15) is 46.6 Å². The van der Waals surface area contributed by atoms with Crippen molar-refractivity contribution in [3.8, 4) is 0 Å². The normalized spacial score (nSPS) is 11.8. The van der Waals surface area contributed by atoms with Gasteiger partial charge in [-0.25, -0.2) is 14.6 Å². The highest BCUT2D eigenvalue weighted by Crippen LogP contribution is 2.14. The van der Waals surface area contributed by atoms with Gasteiger partial charge in [-0.2, -0.15) is 0 Å². The number of hydrogen-bond donors (Lipinski definition) is 1. The van der Waals surface area contributed by atoms with Crippen LogP contribution in [0.3, 0.4) is 0 Å². The molecule has 0 radical (unpaired) electrons. The minimum Gasteiger partial charge on any atom is -0.463 e. The van der Waals surface area contributed by atoms with E-state index in [2.05, 4.69) is 10.3 Å². The third-order valence-corrected chi connectivity index (χ3v) is 2.84. The minimum absolute atomic E-state index is 0.310. The number of nitrogens with zero attached hydrogens (tertiary/aromatic N) is 1. The van der Waals surface area contributed by atoms with Crippen molar-refractivity contribution in [3.63, 3.8) is 0 Å². The maximum atomic E-state index is 11.9. The lowest BCUT2D eigenvalue weighted by Gasteiger charge is -2.19. The van der Waals surface area contributed by atoms with Gasteiger partial charge in [-0.15, -0.1) is 0 Å². The summed E-state index contributed by atoms with van der Waals surface area (Å²) in [6.45, 7) is 9.46. The molecular formula is C18H26N2O4. The van der Waals surface area contributed by atoms with E-state index in [9.17, 15) is 9.59 Å². The number of amides is 1. The van der Waals surface area contributed by atoms with Crippen LogP contribution in [-0.4, -0.2) is 29.3 Å². The van der Waals surface area contributed by atoms with Gasteiger partial charge in [0.05, 0.1) is 6.61 Å². The van der Waals surface area contributed by atoms with E-state index in [-0.39, 0.29) is 5.97 Å². The summed E-state index contributed by atoms with van der Waals surface area (Å²) in [5.74, 6) is 0.0838. The van der Waals surface area contributed by atoms with Crippen LogP contribution in [0.25, 0.3) is 0 Å². The average molecular weight is 334 g/mol. The Morgan fingerprint density at radius 3 is 2.46 bits per heavy atom. The van der Waals surface area contributed by atoms with Gasteiger partial charge in [-0.05, 0) is 45.7 Å². The fraction of sp³-hybridized carbons (Fsp3) is 0.500. The number of nitrogens with one attached hydrogen (secondary N) is 1. The molecule has 1 rings (SSSR count). The van der Waals surface area contributed by atoms with Gasteiger partial charge in [0, 0.05) is 18.2 Å². The Balaban J connectivity index is 2.71. The van der Waals surface area contributed by atoms with Crippen molar-refractivity contribution in [1.29, 1.82) is 0 Å². The van der Waals surface area contributed by atoms with Crippen LogP contribution in [0, 0.1) is 0 Å². The minimum atomic E-state index is -0.566. The van der Waals surface area contributed by atoms with Gasteiger partial charge in [-0.1, -0.05) is 19.1 Å². The number of pyridine rings is 1. The van der Waals surface area contributed by atoms with Crippen molar-refractivity contribution in [2.75, 3.05) is 11.9 Å². The van der Waals surface area contributed by atoms with Crippen LogP contribution >= 0.6 is 0 Å². The molecule has 1 heterocycles. The standard InChI is InChI=1S/C18H26N2O4/c1-6-8-14(16(21)23-7-2)11-13-9-10-15(19-12-13)20-17(22)24-18(3,4)5/h8-10,12H,6-7,11H2,1-5H3,(H,19,20,22)/b14-8+. The van der Waals surface area contributed by atoms with Crippen LogP contribution in [0.2, 0.25) is 0 Å². The van der Waals surface area contributed by atoms with Gasteiger partial charge in [0.25, 0.3) is 0 Å². The molecule has 0 saturated carbocycles. The Kier molecular flexibility index (Phi) is 7.42. The number of carbonyl (C=O) groups is 2. The summed E-state index contributed by atoms with van der Waals surface area (Å²) in [5, 5.41) is 2.57. The first-order chi connectivity index (χ1) is 11.2. The molecule has 6 nitrogen and oxygen atoms in total. The number of allylic oxidation sites excluding steroid dienone is 1. The molecule has 0 aliphatic carbocycles. The fourth-order valence-electron chi connectivity index (χ4n) is 1.93. The number of aromatic nitrogens is 1. The highest BCUT2D eigenvalue weighted by atomic mass is 16.6. The van der Waals surface area contributed by atoms with Crippen molar-refractivity contribution in [3.05, 3.63) is 35.5 Å². The molecule has 0 saturated heterocycles. The molecule has 132 valence electrons. The molecule has 24 heavy (non-hydrogen) atoms. The number of esters is 1. The smallest absolute Gasteiger partial charge is 0.413 e. The quantitative estimate of drug-likeness (QED) is 0.631. The Labute approximate surface area is 143 Å². The second-order valence-electron chi connectivity index (χ2n) is 6.21. The molecule has 1 aromatic rings. The van der Waals surface area contributed by atoms with E-state index in [1.54, 1.807) is 40.0 Å². The van der Waals surface area contributed by atoms with Crippen LogP contribution in [-0.2, 0) is 20.7 Å². The molecule has 0 spiro atoms. The van der Waals surface area contributed by atoms with Crippen LogP contribution in [0.4, 0.5) is 10.6 Å². The second-order valence-corrected chi connectivity index (χ2v) is 6.21. The maximum Gasteiger partial charge on any atom is 0.413 e. The lowest BCUT2D eigenvalue weighted by molar-refractivity contribution is -0.138. The van der Waals surface area contributed by atoms with Gasteiger partial charge < -0.3 is 9.47 Å². The highest BCUT2D eigenvalue weighted by molar-refractivity contribution is 5.89. The molecule has 0 bridgehead atoms. The molecule has 0 aliphatic rings. The van der Waals surface area contributed by atoms with Gasteiger partial charge in [0.1, 0.15) is 11.4 Å². The summed E-state index contributed by atoms with van der Waals surface area (Å²) in [6.07, 6.45) is 4.10. The van der Waals surface area contributed by atoms with Gasteiger partial charge in [-0.3, -0.25) is 5.32 Å². The third kappa shape index (κ3) is 7.26. The zero-order chi connectivity index (χ0) is 18.2. The van der Waals surface area contributed by atoms with E-state index in [0.717, 1.165) is 12.0 Å². The van der Waals surface area contributed by atoms with Crippen LogP contribution in [0.5, 0.6) is 0 Å². The van der Waals surface area contributed by atoms with Crippen LogP contribution in [0.15, 0.2) is 30.0 Å². The highest BCUT2D eigenvalue weighted by Gasteiger charge is 2.16. The van der Waals surface area contributed by atoms with E-state index in [4.69, 9.17) is 9.47 Å². The molecule has 0 fully saturated rings. The summed E-state index contributed by atoms with van der Waals surface area (Å²) in [5.41, 5.74) is 0.898. The summed E-state index contributed by atoms with van der Waals surface area (Å²) in [6, 6.07) is 3.48. The Morgan fingerprint density at radius 1 is 1.25 bits per heavy atom. The first kappa shape index (κ1) is 19.7. The van der Waals surface area contributed by atoms with E-state index in [1.807, 2.05) is 19.1 Å². The zero-order valence-electron chi connectivity index (χ0n) is 15.0. The number of anilines is 1. The molecule has 1 N–H and O–H groups in total. The largest absolute Gasteiger partial charge is 0.463 e. The lowest BCUT2D eigenvalue weighted by Crippen LogP contribution is -2.27. The number of ether oxygens (including phenoxy) is 2. The third-order valence-electron chi connectivity index (χ3n) is 2.84. The molecule has 1 aromatic heterocycles. The summed E-state index contributed by atoms with van der Waals surface area (Å²) in [4.78, 5) is 27.8. The molecule has 0 aromatic carbocycles. The van der Waals surface area contributed by atoms with Crippen LogP contribution < -0.4 is 5.32 Å². The SMILES string of the molecule is CC/C=C(\Cc1ccc(NC(=O)OC(C)(C)C)nc1)C(=O)OCC. The van der Waals surface area contributed by atoms with Gasteiger partial charge >= 0.3 is 12.1 Å². The number of carbonyl (C=O) groups excluding carboxylic acids is 2. The Bertz CT molecular complexity index is 586. The van der Waals surface area contributed by atoms with Crippen molar-refractivity contribution >= 4 is 17.9 Å². The van der Waals surface area contributed by atoms with Crippen molar-refractivity contribution < 1.29 is 19.1 Å². The summed E-state index contributed by atoms with van der Waals surface area (Å²) < 4.78 is 10.2. The molecule has 0 aliphatic heterocycles. The topological polar surface area (TPSA) is 77.5 Å². The van der Waals surface area contributed by atoms with Crippen molar-refractivity contribution in [2.45, 2.75) is 53.1 Å². The van der Waals surface area contributed by atoms with Crippen molar-refractivity contribution in [2.24, 2.45) is 0 Å². The number of rotatable bonds is 6. The number of hydrogen-bond acceptors (Lipinski definition) is 5. The van der Waals surface area contributed by atoms with E-state index < -0.39 is 11.7 Å². The lowest BCUT2D eigenvalue weighted by atomic mass is 10.1. The first-order valence-electron chi connectivity index (χ1n) is 8.06. The van der Waals surface area contributed by atoms with Crippen molar-refractivity contribution in [1.82, 2.24) is 4.98 Å². The van der Waals surface area contributed by atoms with Gasteiger partial charge in [0.2, 0.25) is 0 Å².